The van der Waals surface area contributed by atoms with Gasteiger partial charge < -0.3 is 10.2 Å². The fraction of sp³-hybridized carbons (Fsp3) is 0.600. The second-order valence-corrected chi connectivity index (χ2v) is 3.72. The van der Waals surface area contributed by atoms with Crippen molar-refractivity contribution < 1.29 is 4.74 Å². The van der Waals surface area contributed by atoms with E-state index in [0.717, 1.165) is 6.61 Å². The third-order valence-corrected chi connectivity index (χ3v) is 2.83. The zero-order chi connectivity index (χ0) is 9.26. The summed E-state index contributed by atoms with van der Waals surface area (Å²) < 4.78 is 7.54. The Morgan fingerprint density at radius 2 is 2.00 bits per heavy atom. The second-order valence-electron chi connectivity index (χ2n) is 3.72. The van der Waals surface area contributed by atoms with Gasteiger partial charge in [0.25, 0.3) is 0 Å². The molecule has 3 atom stereocenters. The zero-order valence-corrected chi connectivity index (χ0v) is 8.10. The van der Waals surface area contributed by atoms with Gasteiger partial charge >= 0.3 is 0 Å². The Bertz CT molecular complexity index is 258. The third-order valence-electron chi connectivity index (χ3n) is 2.83. The first-order valence-corrected chi connectivity index (χ1v) is 4.78. The molecule has 0 bridgehead atoms. The lowest BCUT2D eigenvalue weighted by Gasteiger charge is -2.18. The van der Waals surface area contributed by atoms with E-state index in [1.165, 1.54) is 0 Å². The van der Waals surface area contributed by atoms with Crippen LogP contribution in [-0.2, 0) is 4.74 Å². The van der Waals surface area contributed by atoms with Gasteiger partial charge in [-0.25, -0.2) is 0 Å². The van der Waals surface area contributed by atoms with Crippen LogP contribution >= 0.6 is 0 Å². The number of ether oxygens (including phenoxy) is 1. The predicted molar refractivity (Wildman–Crippen MR) is 52.2 cm³/mol. The van der Waals surface area contributed by atoms with Crippen molar-refractivity contribution in [3.63, 3.8) is 0 Å². The molecule has 1 aliphatic heterocycles. The molecule has 1 aromatic heterocycles. The summed E-state index contributed by atoms with van der Waals surface area (Å²) in [4.78, 5) is 0. The SMILES string of the molecule is CC1OCC(Nn2cccc2)C1C. The first-order valence-electron chi connectivity index (χ1n) is 4.78. The standard InChI is InChI=1S/C10H16N2O/c1-8-9(2)13-7-10(8)11-12-5-3-4-6-12/h3-6,8-11H,7H2,1-2H3. The van der Waals surface area contributed by atoms with E-state index in [1.807, 2.05) is 29.2 Å². The molecule has 1 N–H and O–H groups in total. The van der Waals surface area contributed by atoms with Gasteiger partial charge in [0, 0.05) is 18.3 Å². The summed E-state index contributed by atoms with van der Waals surface area (Å²) >= 11 is 0. The summed E-state index contributed by atoms with van der Waals surface area (Å²) in [5.74, 6) is 0.572. The van der Waals surface area contributed by atoms with E-state index < -0.39 is 0 Å². The number of rotatable bonds is 2. The largest absolute Gasteiger partial charge is 0.376 e. The van der Waals surface area contributed by atoms with Gasteiger partial charge in [0.15, 0.2) is 0 Å². The molecule has 0 aliphatic carbocycles. The Balaban J connectivity index is 1.96. The summed E-state index contributed by atoms with van der Waals surface area (Å²) in [7, 11) is 0. The Labute approximate surface area is 78.7 Å². The normalized spacial score (nSPS) is 33.5. The van der Waals surface area contributed by atoms with Gasteiger partial charge in [-0.3, -0.25) is 4.68 Å². The highest BCUT2D eigenvalue weighted by molar-refractivity contribution is 4.98. The summed E-state index contributed by atoms with van der Waals surface area (Å²) in [6.07, 6.45) is 4.39. The molecule has 0 radical (unpaired) electrons. The van der Waals surface area contributed by atoms with Crippen LogP contribution in [0.1, 0.15) is 13.8 Å². The monoisotopic (exact) mass is 180 g/mol. The van der Waals surface area contributed by atoms with Gasteiger partial charge in [-0.1, -0.05) is 6.92 Å². The van der Waals surface area contributed by atoms with Crippen LogP contribution in [0.5, 0.6) is 0 Å². The summed E-state index contributed by atoms with van der Waals surface area (Å²) in [5, 5.41) is 0. The molecular weight excluding hydrogens is 164 g/mol. The third kappa shape index (κ3) is 1.70. The van der Waals surface area contributed by atoms with Crippen molar-refractivity contribution in [3.8, 4) is 0 Å². The maximum absolute atomic E-state index is 5.55. The van der Waals surface area contributed by atoms with Gasteiger partial charge in [-0.05, 0) is 19.1 Å². The molecular formula is C10H16N2O. The molecule has 0 spiro atoms. The molecule has 1 fully saturated rings. The average Bonchev–Trinajstić information content (AvgIpc) is 2.71. The fourth-order valence-electron chi connectivity index (χ4n) is 1.65. The average molecular weight is 180 g/mol. The van der Waals surface area contributed by atoms with Gasteiger partial charge in [0.2, 0.25) is 0 Å². The van der Waals surface area contributed by atoms with Crippen molar-refractivity contribution >= 4 is 0 Å². The molecule has 3 unspecified atom stereocenters. The number of nitrogens with zero attached hydrogens (tertiary/aromatic N) is 1. The Kier molecular flexibility index (Phi) is 2.27. The van der Waals surface area contributed by atoms with Gasteiger partial charge in [-0.2, -0.15) is 0 Å². The van der Waals surface area contributed by atoms with Crippen LogP contribution in [0.25, 0.3) is 0 Å². The first-order chi connectivity index (χ1) is 6.27. The van der Waals surface area contributed by atoms with Crippen molar-refractivity contribution in [1.29, 1.82) is 0 Å². The van der Waals surface area contributed by atoms with Crippen LogP contribution in [0.2, 0.25) is 0 Å². The van der Waals surface area contributed by atoms with Crippen molar-refractivity contribution in [3.05, 3.63) is 24.5 Å². The summed E-state index contributed by atoms with van der Waals surface area (Å²) in [5.41, 5.74) is 3.39. The smallest absolute Gasteiger partial charge is 0.0708 e. The van der Waals surface area contributed by atoms with Crippen molar-refractivity contribution in [2.75, 3.05) is 12.0 Å². The van der Waals surface area contributed by atoms with Crippen LogP contribution in [0, 0.1) is 5.92 Å². The van der Waals surface area contributed by atoms with E-state index in [9.17, 15) is 0 Å². The van der Waals surface area contributed by atoms with Crippen molar-refractivity contribution in [2.45, 2.75) is 26.0 Å². The van der Waals surface area contributed by atoms with E-state index >= 15 is 0 Å². The van der Waals surface area contributed by atoms with Gasteiger partial charge in [-0.15, -0.1) is 0 Å². The highest BCUT2D eigenvalue weighted by atomic mass is 16.5. The van der Waals surface area contributed by atoms with Crippen molar-refractivity contribution in [1.82, 2.24) is 4.68 Å². The molecule has 1 saturated heterocycles. The van der Waals surface area contributed by atoms with E-state index in [1.54, 1.807) is 0 Å². The molecule has 72 valence electrons. The quantitative estimate of drug-likeness (QED) is 0.745. The van der Waals surface area contributed by atoms with Crippen LogP contribution in [-0.4, -0.2) is 23.4 Å². The van der Waals surface area contributed by atoms with E-state index in [0.29, 0.717) is 18.1 Å². The molecule has 0 saturated carbocycles. The lowest BCUT2D eigenvalue weighted by atomic mass is 10.0. The topological polar surface area (TPSA) is 26.2 Å². The molecule has 3 heteroatoms. The van der Waals surface area contributed by atoms with E-state index in [2.05, 4.69) is 19.3 Å². The number of aromatic nitrogens is 1. The molecule has 0 aromatic carbocycles. The second kappa shape index (κ2) is 3.42. The molecule has 0 amide bonds. The molecule has 1 aliphatic rings. The molecule has 2 rings (SSSR count). The molecule has 3 nitrogen and oxygen atoms in total. The Morgan fingerprint density at radius 1 is 1.31 bits per heavy atom. The number of nitrogens with one attached hydrogen (secondary N) is 1. The lowest BCUT2D eigenvalue weighted by Crippen LogP contribution is -2.33. The molecule has 1 aromatic rings. The van der Waals surface area contributed by atoms with Gasteiger partial charge in [0.05, 0.1) is 18.8 Å². The summed E-state index contributed by atoms with van der Waals surface area (Å²) in [6, 6.07) is 4.45. The van der Waals surface area contributed by atoms with Crippen LogP contribution in [0.3, 0.4) is 0 Å². The Hall–Kier alpha value is -0.960. The van der Waals surface area contributed by atoms with Crippen LogP contribution in [0.4, 0.5) is 0 Å². The van der Waals surface area contributed by atoms with Crippen LogP contribution < -0.4 is 5.43 Å². The molecule has 13 heavy (non-hydrogen) atoms. The maximum atomic E-state index is 5.55. The maximum Gasteiger partial charge on any atom is 0.0708 e. The lowest BCUT2D eigenvalue weighted by molar-refractivity contribution is 0.109. The highest BCUT2D eigenvalue weighted by Gasteiger charge is 2.30. The van der Waals surface area contributed by atoms with Crippen LogP contribution in [0.15, 0.2) is 24.5 Å². The first kappa shape index (κ1) is 8.63. The molecule has 2 heterocycles. The minimum Gasteiger partial charge on any atom is -0.376 e. The Morgan fingerprint density at radius 3 is 2.54 bits per heavy atom. The van der Waals surface area contributed by atoms with Crippen molar-refractivity contribution in [2.24, 2.45) is 5.92 Å². The number of hydrogen-bond acceptors (Lipinski definition) is 2. The van der Waals surface area contributed by atoms with Gasteiger partial charge in [0.1, 0.15) is 0 Å². The fourth-order valence-corrected chi connectivity index (χ4v) is 1.65. The number of hydrogen-bond donors (Lipinski definition) is 1. The summed E-state index contributed by atoms with van der Waals surface area (Å²) in [6.45, 7) is 5.15. The van der Waals surface area contributed by atoms with E-state index in [-0.39, 0.29) is 0 Å². The highest BCUT2D eigenvalue weighted by Crippen LogP contribution is 2.20. The predicted octanol–water partition coefficient (Wildman–Crippen LogP) is 1.45. The zero-order valence-electron chi connectivity index (χ0n) is 8.10. The van der Waals surface area contributed by atoms with E-state index in [4.69, 9.17) is 4.74 Å². The minimum atomic E-state index is 0.369. The minimum absolute atomic E-state index is 0.369.